The molecule has 0 bridgehead atoms. The minimum absolute atomic E-state index is 0.424. The standard InChI is InChI=1S/C12H14O2/c13-11-14-10-6-2-5-9-12-7-3-1-4-8-12/h1,3-4,6-8,10-11H,2,5,9H2/b10-6-. The molecule has 1 rings (SSSR count). The number of carbonyl (C=O) groups is 1. The van der Waals surface area contributed by atoms with Crippen molar-refractivity contribution in [3.05, 3.63) is 48.2 Å². The fourth-order valence-corrected chi connectivity index (χ4v) is 1.22. The van der Waals surface area contributed by atoms with Crippen molar-refractivity contribution in [3.8, 4) is 0 Å². The van der Waals surface area contributed by atoms with Crippen molar-refractivity contribution in [2.24, 2.45) is 0 Å². The van der Waals surface area contributed by atoms with Crippen molar-refractivity contribution in [1.82, 2.24) is 0 Å². The van der Waals surface area contributed by atoms with E-state index < -0.39 is 0 Å². The fourth-order valence-electron chi connectivity index (χ4n) is 1.22. The highest BCUT2D eigenvalue weighted by Gasteiger charge is 1.89. The first-order valence-corrected chi connectivity index (χ1v) is 4.71. The topological polar surface area (TPSA) is 26.3 Å². The highest BCUT2D eigenvalue weighted by molar-refractivity contribution is 5.38. The van der Waals surface area contributed by atoms with E-state index in [-0.39, 0.29) is 0 Å². The van der Waals surface area contributed by atoms with Gasteiger partial charge < -0.3 is 4.74 Å². The number of allylic oxidation sites excluding steroid dienone is 1. The van der Waals surface area contributed by atoms with Crippen LogP contribution in [0.1, 0.15) is 18.4 Å². The number of benzene rings is 1. The molecule has 1 aromatic rings. The number of rotatable bonds is 6. The van der Waals surface area contributed by atoms with Crippen LogP contribution in [0.5, 0.6) is 0 Å². The molecule has 0 aliphatic heterocycles. The molecule has 14 heavy (non-hydrogen) atoms. The number of aryl methyl sites for hydroxylation is 1. The summed E-state index contributed by atoms with van der Waals surface area (Å²) in [4.78, 5) is 9.79. The lowest BCUT2D eigenvalue weighted by Gasteiger charge is -1.97. The predicted molar refractivity (Wildman–Crippen MR) is 55.7 cm³/mol. The minimum atomic E-state index is 0.424. The predicted octanol–water partition coefficient (Wildman–Crippen LogP) is 2.70. The Morgan fingerprint density at radius 1 is 1.21 bits per heavy atom. The Labute approximate surface area is 84.2 Å². The molecule has 2 nitrogen and oxygen atoms in total. The van der Waals surface area contributed by atoms with Gasteiger partial charge in [-0.15, -0.1) is 0 Å². The lowest BCUT2D eigenvalue weighted by Crippen LogP contribution is -1.83. The third-order valence-electron chi connectivity index (χ3n) is 1.91. The number of unbranched alkanes of at least 4 members (excludes halogenated alkanes) is 1. The molecule has 0 fully saturated rings. The monoisotopic (exact) mass is 190 g/mol. The third-order valence-corrected chi connectivity index (χ3v) is 1.91. The van der Waals surface area contributed by atoms with E-state index >= 15 is 0 Å². The van der Waals surface area contributed by atoms with E-state index in [0.29, 0.717) is 6.47 Å². The fraction of sp³-hybridized carbons (Fsp3) is 0.250. The maximum atomic E-state index is 9.79. The summed E-state index contributed by atoms with van der Waals surface area (Å²) < 4.78 is 4.42. The van der Waals surface area contributed by atoms with Gasteiger partial charge >= 0.3 is 0 Å². The van der Waals surface area contributed by atoms with E-state index in [2.05, 4.69) is 16.9 Å². The second kappa shape index (κ2) is 6.89. The Hall–Kier alpha value is -1.57. The molecule has 0 heterocycles. The molecule has 0 saturated carbocycles. The average molecular weight is 190 g/mol. The van der Waals surface area contributed by atoms with Crippen LogP contribution in [-0.4, -0.2) is 6.47 Å². The van der Waals surface area contributed by atoms with Gasteiger partial charge in [0.15, 0.2) is 0 Å². The molecular formula is C12H14O2. The molecule has 0 spiro atoms. The summed E-state index contributed by atoms with van der Waals surface area (Å²) in [6, 6.07) is 10.3. The maximum absolute atomic E-state index is 9.79. The lowest BCUT2D eigenvalue weighted by molar-refractivity contribution is -0.123. The highest BCUT2D eigenvalue weighted by atomic mass is 16.5. The van der Waals surface area contributed by atoms with Gasteiger partial charge in [0.2, 0.25) is 0 Å². The molecule has 0 atom stereocenters. The summed E-state index contributed by atoms with van der Waals surface area (Å²) in [5, 5.41) is 0. The van der Waals surface area contributed by atoms with Crippen molar-refractivity contribution in [2.75, 3.05) is 0 Å². The van der Waals surface area contributed by atoms with Gasteiger partial charge in [-0.2, -0.15) is 0 Å². The first-order chi connectivity index (χ1) is 6.93. The molecule has 0 aromatic heterocycles. The Morgan fingerprint density at radius 2 is 2.00 bits per heavy atom. The Bertz CT molecular complexity index is 278. The van der Waals surface area contributed by atoms with Gasteiger partial charge in [-0.3, -0.25) is 4.79 Å². The van der Waals surface area contributed by atoms with Crippen LogP contribution in [0.25, 0.3) is 0 Å². The molecule has 0 unspecified atom stereocenters. The largest absolute Gasteiger partial charge is 0.437 e. The summed E-state index contributed by atoms with van der Waals surface area (Å²) in [6.45, 7) is 0.424. The van der Waals surface area contributed by atoms with Crippen molar-refractivity contribution in [2.45, 2.75) is 19.3 Å². The van der Waals surface area contributed by atoms with E-state index in [1.807, 2.05) is 24.3 Å². The Balaban J connectivity index is 2.13. The van der Waals surface area contributed by atoms with Gasteiger partial charge in [0.1, 0.15) is 0 Å². The molecule has 0 radical (unpaired) electrons. The van der Waals surface area contributed by atoms with Gasteiger partial charge in [-0.1, -0.05) is 30.3 Å². The molecular weight excluding hydrogens is 176 g/mol. The van der Waals surface area contributed by atoms with Gasteiger partial charge in [0.25, 0.3) is 6.47 Å². The third kappa shape index (κ3) is 4.45. The SMILES string of the molecule is O=CO/C=C\CCCc1ccccc1. The number of carbonyl (C=O) groups excluding carboxylic acids is 1. The van der Waals surface area contributed by atoms with Crippen molar-refractivity contribution >= 4 is 6.47 Å². The van der Waals surface area contributed by atoms with Crippen molar-refractivity contribution in [1.29, 1.82) is 0 Å². The Kier molecular flexibility index (Phi) is 5.18. The average Bonchev–Trinajstić information content (AvgIpc) is 2.25. The van der Waals surface area contributed by atoms with Gasteiger partial charge in [0, 0.05) is 0 Å². The van der Waals surface area contributed by atoms with E-state index in [0.717, 1.165) is 19.3 Å². The van der Waals surface area contributed by atoms with Gasteiger partial charge in [-0.25, -0.2) is 0 Å². The second-order valence-electron chi connectivity index (χ2n) is 2.98. The van der Waals surface area contributed by atoms with Crippen LogP contribution in [0.15, 0.2) is 42.7 Å². The van der Waals surface area contributed by atoms with Crippen molar-refractivity contribution < 1.29 is 9.53 Å². The van der Waals surface area contributed by atoms with Crippen LogP contribution in [0.4, 0.5) is 0 Å². The van der Waals surface area contributed by atoms with Gasteiger partial charge in [0.05, 0.1) is 6.26 Å². The van der Waals surface area contributed by atoms with Gasteiger partial charge in [-0.05, 0) is 30.9 Å². The van der Waals surface area contributed by atoms with Crippen LogP contribution in [0, 0.1) is 0 Å². The smallest absolute Gasteiger partial charge is 0.297 e. The molecule has 0 aliphatic rings. The van der Waals surface area contributed by atoms with Crippen LogP contribution in [-0.2, 0) is 16.0 Å². The number of ether oxygens (including phenoxy) is 1. The quantitative estimate of drug-likeness (QED) is 0.391. The van der Waals surface area contributed by atoms with Crippen LogP contribution >= 0.6 is 0 Å². The number of hydrogen-bond donors (Lipinski definition) is 0. The first kappa shape index (κ1) is 10.5. The highest BCUT2D eigenvalue weighted by Crippen LogP contribution is 2.04. The zero-order chi connectivity index (χ0) is 10.1. The van der Waals surface area contributed by atoms with E-state index in [4.69, 9.17) is 0 Å². The van der Waals surface area contributed by atoms with Crippen LogP contribution < -0.4 is 0 Å². The minimum Gasteiger partial charge on any atom is -0.437 e. The molecule has 0 aliphatic carbocycles. The maximum Gasteiger partial charge on any atom is 0.297 e. The van der Waals surface area contributed by atoms with E-state index in [1.165, 1.54) is 11.8 Å². The molecule has 0 amide bonds. The summed E-state index contributed by atoms with van der Waals surface area (Å²) >= 11 is 0. The first-order valence-electron chi connectivity index (χ1n) is 4.71. The summed E-state index contributed by atoms with van der Waals surface area (Å²) in [7, 11) is 0. The van der Waals surface area contributed by atoms with E-state index in [9.17, 15) is 4.79 Å². The molecule has 0 saturated heterocycles. The lowest BCUT2D eigenvalue weighted by atomic mass is 10.1. The normalized spacial score (nSPS) is 10.3. The molecule has 0 N–H and O–H groups in total. The van der Waals surface area contributed by atoms with Crippen molar-refractivity contribution in [3.63, 3.8) is 0 Å². The zero-order valence-electron chi connectivity index (χ0n) is 8.06. The summed E-state index contributed by atoms with van der Waals surface area (Å²) in [6.07, 6.45) is 6.35. The molecule has 2 heteroatoms. The molecule has 1 aromatic carbocycles. The van der Waals surface area contributed by atoms with Crippen LogP contribution in [0.3, 0.4) is 0 Å². The summed E-state index contributed by atoms with van der Waals surface area (Å²) in [5.74, 6) is 0. The Morgan fingerprint density at radius 3 is 2.71 bits per heavy atom. The molecule has 74 valence electrons. The number of hydrogen-bond acceptors (Lipinski definition) is 2. The van der Waals surface area contributed by atoms with Crippen LogP contribution in [0.2, 0.25) is 0 Å². The van der Waals surface area contributed by atoms with E-state index in [1.54, 1.807) is 0 Å². The summed E-state index contributed by atoms with van der Waals surface area (Å²) in [5.41, 5.74) is 1.34. The second-order valence-corrected chi connectivity index (χ2v) is 2.98. The zero-order valence-corrected chi connectivity index (χ0v) is 8.06.